The molecule has 0 aliphatic heterocycles. The summed E-state index contributed by atoms with van der Waals surface area (Å²) in [6, 6.07) is 15.8. The summed E-state index contributed by atoms with van der Waals surface area (Å²) in [4.78, 5) is 19.3. The molecule has 0 amide bonds. The van der Waals surface area contributed by atoms with Crippen molar-refractivity contribution in [2.24, 2.45) is 5.10 Å². The van der Waals surface area contributed by atoms with E-state index in [0.717, 1.165) is 0 Å². The number of para-hydroxylation sites is 3. The first-order valence-corrected chi connectivity index (χ1v) is 7.95. The van der Waals surface area contributed by atoms with Gasteiger partial charge in [-0.15, -0.1) is 0 Å². The third-order valence-corrected chi connectivity index (χ3v) is 3.75. The Bertz CT molecular complexity index is 972. The van der Waals surface area contributed by atoms with Crippen molar-refractivity contribution in [3.8, 4) is 0 Å². The largest absolute Gasteiger partial charge is 0.394 e. The molecular weight excluding hydrogens is 336 g/mol. The number of aromatic amines is 1. The molecule has 0 aliphatic carbocycles. The van der Waals surface area contributed by atoms with E-state index in [4.69, 9.17) is 5.11 Å². The van der Waals surface area contributed by atoms with E-state index in [0.29, 0.717) is 16.7 Å². The SMILES string of the molecule is O=c1[nH]c2ccccc2nc1/C(=N\Nc1ccccc1)[C@H](O)[C@@H](O)CO. The van der Waals surface area contributed by atoms with Gasteiger partial charge in [-0.1, -0.05) is 30.3 Å². The summed E-state index contributed by atoms with van der Waals surface area (Å²) >= 11 is 0. The van der Waals surface area contributed by atoms with Crippen molar-refractivity contribution in [3.63, 3.8) is 0 Å². The van der Waals surface area contributed by atoms with Crippen molar-refractivity contribution in [1.29, 1.82) is 0 Å². The molecule has 5 N–H and O–H groups in total. The van der Waals surface area contributed by atoms with E-state index in [9.17, 15) is 15.0 Å². The second-order valence-corrected chi connectivity index (χ2v) is 5.60. The molecule has 0 unspecified atom stereocenters. The Morgan fingerprint density at radius 3 is 2.54 bits per heavy atom. The van der Waals surface area contributed by atoms with Gasteiger partial charge >= 0.3 is 0 Å². The molecule has 3 rings (SSSR count). The number of aliphatic hydroxyl groups is 3. The standard InChI is InChI=1S/C18H18N4O4/c23-10-14(24)17(25)15(22-21-11-6-2-1-3-7-11)16-18(26)20-13-9-5-4-8-12(13)19-16/h1-9,14,17,21,23-25H,10H2,(H,20,26)/b22-15+/t14-,17+/m0/s1. The number of aliphatic hydroxyl groups excluding tert-OH is 3. The van der Waals surface area contributed by atoms with Crippen LogP contribution in [0.1, 0.15) is 5.69 Å². The van der Waals surface area contributed by atoms with Crippen molar-refractivity contribution in [2.75, 3.05) is 12.0 Å². The summed E-state index contributed by atoms with van der Waals surface area (Å²) in [6.45, 7) is -0.697. The van der Waals surface area contributed by atoms with Crippen molar-refractivity contribution in [3.05, 3.63) is 70.6 Å². The highest BCUT2D eigenvalue weighted by atomic mass is 16.4. The number of H-pyrrole nitrogens is 1. The number of hydrogen-bond donors (Lipinski definition) is 5. The van der Waals surface area contributed by atoms with Gasteiger partial charge in [-0.3, -0.25) is 10.2 Å². The van der Waals surface area contributed by atoms with Crippen molar-refractivity contribution in [1.82, 2.24) is 9.97 Å². The van der Waals surface area contributed by atoms with Crippen molar-refractivity contribution >= 4 is 22.4 Å². The van der Waals surface area contributed by atoms with Crippen LogP contribution in [0.4, 0.5) is 5.69 Å². The average Bonchev–Trinajstić information content (AvgIpc) is 2.68. The second kappa shape index (κ2) is 7.87. The van der Waals surface area contributed by atoms with E-state index >= 15 is 0 Å². The Morgan fingerprint density at radius 1 is 1.12 bits per heavy atom. The number of rotatable bonds is 6. The molecule has 0 spiro atoms. The highest BCUT2D eigenvalue weighted by molar-refractivity contribution is 6.03. The first-order valence-electron chi connectivity index (χ1n) is 7.95. The van der Waals surface area contributed by atoms with Gasteiger partial charge in [0.15, 0.2) is 5.69 Å². The van der Waals surface area contributed by atoms with Crippen molar-refractivity contribution in [2.45, 2.75) is 12.2 Å². The van der Waals surface area contributed by atoms with Crippen molar-refractivity contribution < 1.29 is 15.3 Å². The summed E-state index contributed by atoms with van der Waals surface area (Å²) in [5, 5.41) is 33.3. The summed E-state index contributed by atoms with van der Waals surface area (Å²) < 4.78 is 0. The van der Waals surface area contributed by atoms with Gasteiger partial charge < -0.3 is 20.3 Å². The number of anilines is 1. The summed E-state index contributed by atoms with van der Waals surface area (Å²) in [6.07, 6.45) is -3.12. The highest BCUT2D eigenvalue weighted by Crippen LogP contribution is 2.11. The minimum Gasteiger partial charge on any atom is -0.394 e. The molecule has 0 aliphatic rings. The Kier molecular flexibility index (Phi) is 5.37. The van der Waals surface area contributed by atoms with E-state index < -0.39 is 24.4 Å². The molecule has 0 bridgehead atoms. The fourth-order valence-corrected chi connectivity index (χ4v) is 2.38. The number of aromatic nitrogens is 2. The Morgan fingerprint density at radius 2 is 1.81 bits per heavy atom. The molecule has 8 nitrogen and oxygen atoms in total. The van der Waals surface area contributed by atoms with Gasteiger partial charge in [0.05, 0.1) is 23.3 Å². The average molecular weight is 354 g/mol. The number of nitrogens with zero attached hydrogens (tertiary/aromatic N) is 2. The molecule has 26 heavy (non-hydrogen) atoms. The molecule has 2 aromatic carbocycles. The van der Waals surface area contributed by atoms with Crippen LogP contribution in [0, 0.1) is 0 Å². The van der Waals surface area contributed by atoms with Crippen LogP contribution >= 0.6 is 0 Å². The molecule has 0 saturated heterocycles. The zero-order chi connectivity index (χ0) is 18.5. The van der Waals surface area contributed by atoms with Gasteiger partial charge in [0.2, 0.25) is 0 Å². The number of benzene rings is 2. The van der Waals surface area contributed by atoms with E-state index in [2.05, 4.69) is 20.5 Å². The first kappa shape index (κ1) is 17.7. The zero-order valence-corrected chi connectivity index (χ0v) is 13.7. The van der Waals surface area contributed by atoms with Gasteiger partial charge in [0, 0.05) is 0 Å². The van der Waals surface area contributed by atoms with Gasteiger partial charge in [0.25, 0.3) is 5.56 Å². The lowest BCUT2D eigenvalue weighted by Crippen LogP contribution is -2.40. The number of nitrogens with one attached hydrogen (secondary N) is 2. The predicted molar refractivity (Wildman–Crippen MR) is 98.1 cm³/mol. The quantitative estimate of drug-likeness (QED) is 0.323. The predicted octanol–water partition coefficient (Wildman–Crippen LogP) is 0.453. The van der Waals surface area contributed by atoms with Crippen LogP contribution in [-0.4, -0.2) is 49.8 Å². The maximum absolute atomic E-state index is 12.4. The number of fused-ring (bicyclic) bond motifs is 1. The molecule has 0 fully saturated rings. The third kappa shape index (κ3) is 3.77. The van der Waals surface area contributed by atoms with Gasteiger partial charge in [-0.05, 0) is 24.3 Å². The highest BCUT2D eigenvalue weighted by Gasteiger charge is 2.26. The van der Waals surface area contributed by atoms with Crippen LogP contribution < -0.4 is 11.0 Å². The monoisotopic (exact) mass is 354 g/mol. The van der Waals surface area contributed by atoms with Gasteiger partial charge in [-0.2, -0.15) is 5.10 Å². The summed E-state index contributed by atoms with van der Waals surface area (Å²) in [5.41, 5.74) is 3.48. The van der Waals surface area contributed by atoms with Crippen LogP contribution in [0.2, 0.25) is 0 Å². The van der Waals surface area contributed by atoms with Crippen LogP contribution in [0.15, 0.2) is 64.5 Å². The maximum atomic E-state index is 12.4. The fourth-order valence-electron chi connectivity index (χ4n) is 2.38. The first-order chi connectivity index (χ1) is 12.6. The fraction of sp³-hybridized carbons (Fsp3) is 0.167. The smallest absolute Gasteiger partial charge is 0.276 e. The minimum absolute atomic E-state index is 0.146. The molecule has 1 heterocycles. The van der Waals surface area contributed by atoms with Crippen LogP contribution in [-0.2, 0) is 0 Å². The summed E-state index contributed by atoms with van der Waals surface area (Å²) in [5.74, 6) is 0. The Labute approximate surface area is 148 Å². The molecule has 8 heteroatoms. The zero-order valence-electron chi connectivity index (χ0n) is 13.7. The normalized spacial score (nSPS) is 14.2. The molecule has 2 atom stereocenters. The van der Waals surface area contributed by atoms with E-state index in [1.165, 1.54) is 0 Å². The Balaban J connectivity index is 2.08. The topological polar surface area (TPSA) is 131 Å². The third-order valence-electron chi connectivity index (χ3n) is 3.75. The molecular formula is C18H18N4O4. The number of hydrazone groups is 1. The van der Waals surface area contributed by atoms with Gasteiger partial charge in [0.1, 0.15) is 17.9 Å². The van der Waals surface area contributed by atoms with Crippen LogP contribution in [0.5, 0.6) is 0 Å². The molecule has 134 valence electrons. The Hall–Kier alpha value is -3.07. The molecule has 3 aromatic rings. The second-order valence-electron chi connectivity index (χ2n) is 5.60. The van der Waals surface area contributed by atoms with E-state index in [-0.39, 0.29) is 11.4 Å². The lowest BCUT2D eigenvalue weighted by Gasteiger charge is -2.17. The minimum atomic E-state index is -1.61. The van der Waals surface area contributed by atoms with E-state index in [1.54, 1.807) is 48.5 Å². The number of hydrogen-bond acceptors (Lipinski definition) is 7. The lowest BCUT2D eigenvalue weighted by molar-refractivity contribution is 0.0185. The lowest BCUT2D eigenvalue weighted by atomic mass is 10.1. The molecule has 1 aromatic heterocycles. The maximum Gasteiger partial charge on any atom is 0.276 e. The van der Waals surface area contributed by atoms with Gasteiger partial charge in [-0.25, -0.2) is 4.98 Å². The van der Waals surface area contributed by atoms with Crippen LogP contribution in [0.25, 0.3) is 11.0 Å². The molecule has 0 radical (unpaired) electrons. The van der Waals surface area contributed by atoms with E-state index in [1.807, 2.05) is 6.07 Å². The van der Waals surface area contributed by atoms with Crippen LogP contribution in [0.3, 0.4) is 0 Å². The molecule has 0 saturated carbocycles. The summed E-state index contributed by atoms with van der Waals surface area (Å²) in [7, 11) is 0.